The van der Waals surface area contributed by atoms with E-state index < -0.39 is 46.4 Å². The Morgan fingerprint density at radius 2 is 1.54 bits per heavy atom. The van der Waals surface area contributed by atoms with Crippen molar-refractivity contribution in [1.29, 1.82) is 0 Å². The molecule has 11 atom stereocenters. The first kappa shape index (κ1) is 30.3. The number of esters is 2. The first-order valence-corrected chi connectivity index (χ1v) is 15.7. The number of aliphatic carboxylic acids is 1. The Hall–Kier alpha value is -2.18. The van der Waals surface area contributed by atoms with Gasteiger partial charge in [-0.05, 0) is 90.9 Å². The van der Waals surface area contributed by atoms with Crippen LogP contribution in [-0.4, -0.2) is 41.0 Å². The Bertz CT molecular complexity index is 1200. The number of hydrogen-bond acceptors (Lipinski definition) is 6. The Labute approximate surface area is 245 Å². The van der Waals surface area contributed by atoms with Gasteiger partial charge in [-0.3, -0.25) is 19.2 Å². The molecule has 4 fully saturated rings. The third kappa shape index (κ3) is 3.95. The van der Waals surface area contributed by atoms with Gasteiger partial charge in [0.25, 0.3) is 0 Å². The molecule has 7 nitrogen and oxygen atoms in total. The highest BCUT2D eigenvalue weighted by Gasteiger charge is 2.72. The molecule has 228 valence electrons. The van der Waals surface area contributed by atoms with E-state index >= 15 is 0 Å². The lowest BCUT2D eigenvalue weighted by molar-refractivity contribution is -0.240. The van der Waals surface area contributed by atoms with Gasteiger partial charge in [-0.15, -0.1) is 0 Å². The lowest BCUT2D eigenvalue weighted by Crippen LogP contribution is -2.69. The maximum atomic E-state index is 14.6. The van der Waals surface area contributed by atoms with Crippen LogP contribution < -0.4 is 0 Å². The number of carboxylic acids is 1. The van der Waals surface area contributed by atoms with Gasteiger partial charge in [0.1, 0.15) is 12.2 Å². The highest BCUT2D eigenvalue weighted by Crippen LogP contribution is 2.75. The molecule has 1 N–H and O–H groups in total. The third-order valence-electron chi connectivity index (χ3n) is 13.6. The van der Waals surface area contributed by atoms with Crippen LogP contribution in [0.4, 0.5) is 0 Å². The van der Waals surface area contributed by atoms with Gasteiger partial charge in [-0.25, -0.2) is 0 Å². The zero-order chi connectivity index (χ0) is 30.5. The van der Waals surface area contributed by atoms with E-state index in [4.69, 9.17) is 9.47 Å². The molecule has 7 heteroatoms. The molecular weight excluding hydrogens is 520 g/mol. The molecule has 0 spiro atoms. The van der Waals surface area contributed by atoms with Gasteiger partial charge >= 0.3 is 17.9 Å². The maximum Gasteiger partial charge on any atom is 0.310 e. The molecule has 3 unspecified atom stereocenters. The largest absolute Gasteiger partial charge is 0.481 e. The zero-order valence-corrected chi connectivity index (χ0v) is 26.5. The summed E-state index contributed by atoms with van der Waals surface area (Å²) in [5.74, 6) is -1.28. The summed E-state index contributed by atoms with van der Waals surface area (Å²) in [7, 11) is 0. The van der Waals surface area contributed by atoms with E-state index in [1.807, 2.05) is 6.08 Å². The third-order valence-corrected chi connectivity index (χ3v) is 13.6. The number of carbonyl (C=O) groups excluding carboxylic acids is 3. The van der Waals surface area contributed by atoms with Crippen LogP contribution >= 0.6 is 0 Å². The minimum absolute atomic E-state index is 0.0714. The average molecular weight is 571 g/mol. The van der Waals surface area contributed by atoms with Gasteiger partial charge in [-0.2, -0.15) is 0 Å². The number of fused-ring (bicyclic) bond motifs is 7. The van der Waals surface area contributed by atoms with E-state index in [0.29, 0.717) is 25.2 Å². The van der Waals surface area contributed by atoms with Crippen LogP contribution in [0.3, 0.4) is 0 Å². The fourth-order valence-electron chi connectivity index (χ4n) is 11.5. The van der Waals surface area contributed by atoms with Crippen molar-refractivity contribution in [3.8, 4) is 0 Å². The van der Waals surface area contributed by atoms with Crippen LogP contribution in [0.2, 0.25) is 0 Å². The molecule has 5 rings (SSSR count). The molecular formula is C34H50O7. The maximum absolute atomic E-state index is 14.6. The Morgan fingerprint density at radius 1 is 0.902 bits per heavy atom. The highest BCUT2D eigenvalue weighted by molar-refractivity contribution is 5.96. The van der Waals surface area contributed by atoms with Gasteiger partial charge in [-0.1, -0.05) is 54.0 Å². The molecule has 0 aromatic carbocycles. The smallest absolute Gasteiger partial charge is 0.310 e. The second-order valence-corrected chi connectivity index (χ2v) is 15.8. The van der Waals surface area contributed by atoms with Crippen molar-refractivity contribution in [3.63, 3.8) is 0 Å². The molecule has 0 saturated heterocycles. The molecule has 0 aromatic heterocycles. The predicted molar refractivity (Wildman–Crippen MR) is 153 cm³/mol. The predicted octanol–water partition coefficient (Wildman–Crippen LogP) is 6.38. The van der Waals surface area contributed by atoms with E-state index in [-0.39, 0.29) is 40.3 Å². The Balaban J connectivity index is 1.65. The molecule has 0 bridgehead atoms. The fraction of sp³-hybridized carbons (Fsp3) is 0.824. The molecule has 0 aromatic rings. The highest BCUT2D eigenvalue weighted by atomic mass is 16.6. The molecule has 0 amide bonds. The average Bonchev–Trinajstić information content (AvgIpc) is 2.84. The van der Waals surface area contributed by atoms with Crippen molar-refractivity contribution in [3.05, 3.63) is 11.6 Å². The summed E-state index contributed by atoms with van der Waals surface area (Å²) in [6, 6.07) is 0. The van der Waals surface area contributed by atoms with Crippen LogP contribution in [0.25, 0.3) is 0 Å². The van der Waals surface area contributed by atoms with Crippen molar-refractivity contribution in [2.45, 2.75) is 119 Å². The van der Waals surface area contributed by atoms with Crippen molar-refractivity contribution >= 4 is 23.7 Å². The number of carboxylic acid groups (broad SMARTS) is 1. The molecule has 0 heterocycles. The summed E-state index contributed by atoms with van der Waals surface area (Å²) >= 11 is 0. The number of carbonyl (C=O) groups is 4. The summed E-state index contributed by atoms with van der Waals surface area (Å²) in [5, 5.41) is 10.6. The quantitative estimate of drug-likeness (QED) is 0.392. The first-order valence-electron chi connectivity index (χ1n) is 15.7. The normalized spacial score (nSPS) is 48.4. The standard InChI is InChI=1S/C34H50O7/c1-18-10-13-34(29(38)39)15-14-32(8)22(26(34)19(18)2)16-23(37)27-31(7)17-24(40-20(3)35)28(41-21(4)36)30(5,6)25(31)11-12-33(27,32)9/h16,18-19,24-28H,10-15,17H2,1-9H3,(H,38,39)/t18-,19+,24-,25?,26?,27?,28+,31+,32-,33-,34+/m1/s1. The summed E-state index contributed by atoms with van der Waals surface area (Å²) in [6.45, 7) is 18.1. The summed E-state index contributed by atoms with van der Waals surface area (Å²) < 4.78 is 11.7. The van der Waals surface area contributed by atoms with Gasteiger partial charge < -0.3 is 14.6 Å². The van der Waals surface area contributed by atoms with Crippen molar-refractivity contribution in [2.75, 3.05) is 0 Å². The van der Waals surface area contributed by atoms with Gasteiger partial charge in [0.2, 0.25) is 0 Å². The topological polar surface area (TPSA) is 107 Å². The Morgan fingerprint density at radius 3 is 2.12 bits per heavy atom. The number of rotatable bonds is 3. The molecule has 41 heavy (non-hydrogen) atoms. The second-order valence-electron chi connectivity index (χ2n) is 15.8. The lowest BCUT2D eigenvalue weighted by atomic mass is 9.33. The van der Waals surface area contributed by atoms with E-state index in [2.05, 4.69) is 48.5 Å². The lowest BCUT2D eigenvalue weighted by Gasteiger charge is -2.70. The van der Waals surface area contributed by atoms with Gasteiger partial charge in [0.15, 0.2) is 5.78 Å². The molecule has 0 radical (unpaired) electrons. The molecule has 0 aliphatic heterocycles. The minimum atomic E-state index is -0.813. The van der Waals surface area contributed by atoms with Crippen LogP contribution in [0.1, 0.15) is 107 Å². The van der Waals surface area contributed by atoms with Gasteiger partial charge in [0, 0.05) is 25.2 Å². The number of hydrogen-bond donors (Lipinski definition) is 1. The number of allylic oxidation sites excluding steroid dienone is 2. The van der Waals surface area contributed by atoms with Crippen LogP contribution in [0.15, 0.2) is 11.6 Å². The van der Waals surface area contributed by atoms with Gasteiger partial charge in [0.05, 0.1) is 5.41 Å². The monoisotopic (exact) mass is 570 g/mol. The van der Waals surface area contributed by atoms with Crippen LogP contribution in [-0.2, 0) is 28.7 Å². The molecule has 5 aliphatic rings. The summed E-state index contributed by atoms with van der Waals surface area (Å²) in [5.41, 5.74) is -1.46. The van der Waals surface area contributed by atoms with Crippen molar-refractivity contribution in [2.24, 2.45) is 56.7 Å². The zero-order valence-electron chi connectivity index (χ0n) is 26.5. The van der Waals surface area contributed by atoms with Crippen LogP contribution in [0.5, 0.6) is 0 Å². The second kappa shape index (κ2) is 9.41. The Kier molecular flexibility index (Phi) is 6.95. The van der Waals surface area contributed by atoms with E-state index in [9.17, 15) is 24.3 Å². The van der Waals surface area contributed by atoms with E-state index in [0.717, 1.165) is 31.3 Å². The van der Waals surface area contributed by atoms with E-state index in [1.54, 1.807) is 0 Å². The summed E-state index contributed by atoms with van der Waals surface area (Å²) in [4.78, 5) is 52.0. The SMILES string of the molecule is CC(=O)O[C@@H]1C[C@@]2(C)C(CC[C@]3(C)C2C(=O)C=C2C4[C@@H](C)[C@H](C)CC[C@]4(C(=O)O)CC[C@]23C)C(C)(C)[C@H]1OC(C)=O. The fourth-order valence-corrected chi connectivity index (χ4v) is 11.5. The molecule has 5 aliphatic carbocycles. The number of ether oxygens (including phenoxy) is 2. The number of ketones is 1. The first-order chi connectivity index (χ1) is 18.9. The summed E-state index contributed by atoms with van der Waals surface area (Å²) in [6.07, 6.45) is 5.71. The molecule has 4 saturated carbocycles. The van der Waals surface area contributed by atoms with Crippen molar-refractivity contribution < 1.29 is 33.8 Å². The van der Waals surface area contributed by atoms with Crippen molar-refractivity contribution in [1.82, 2.24) is 0 Å². The minimum Gasteiger partial charge on any atom is -0.481 e. The van der Waals surface area contributed by atoms with Crippen LogP contribution in [0, 0.1) is 56.7 Å². The van der Waals surface area contributed by atoms with E-state index in [1.165, 1.54) is 13.8 Å².